The first kappa shape index (κ1) is 15.1. The van der Waals surface area contributed by atoms with E-state index in [0.717, 1.165) is 38.2 Å². The first-order valence-corrected chi connectivity index (χ1v) is 7.41. The first-order chi connectivity index (χ1) is 9.69. The maximum atomic E-state index is 11.3. The number of para-hydroxylation sites is 1. The average molecular weight is 297 g/mol. The van der Waals surface area contributed by atoms with E-state index in [1.165, 1.54) is 0 Å². The molecule has 0 bridgehead atoms. The second kappa shape index (κ2) is 7.50. The van der Waals surface area contributed by atoms with Crippen LogP contribution in [-0.4, -0.2) is 43.6 Å². The normalized spacial score (nSPS) is 19.6. The Bertz CT molecular complexity index is 453. The van der Waals surface area contributed by atoms with Crippen LogP contribution in [0.1, 0.15) is 19.3 Å². The molecule has 1 fully saturated rings. The molecule has 1 aromatic carbocycles. The van der Waals surface area contributed by atoms with Gasteiger partial charge in [-0.15, -0.1) is 0 Å². The van der Waals surface area contributed by atoms with Crippen LogP contribution >= 0.6 is 11.6 Å². The Hall–Kier alpha value is -1.26. The third-order valence-corrected chi connectivity index (χ3v) is 3.84. The summed E-state index contributed by atoms with van der Waals surface area (Å²) in [6.07, 6.45) is 2.80. The number of likely N-dealkylation sites (tertiary alicyclic amines) is 1. The van der Waals surface area contributed by atoms with Crippen LogP contribution in [-0.2, 0) is 4.79 Å². The molecule has 0 spiro atoms. The number of halogens is 1. The number of hydrogen-bond acceptors (Lipinski definition) is 3. The lowest BCUT2D eigenvalue weighted by molar-refractivity contribution is -0.121. The Balaban J connectivity index is 1.84. The zero-order valence-electron chi connectivity index (χ0n) is 11.8. The number of hydrogen-bond donors (Lipinski definition) is 1. The van der Waals surface area contributed by atoms with Gasteiger partial charge in [-0.1, -0.05) is 23.7 Å². The zero-order chi connectivity index (χ0) is 14.4. The van der Waals surface area contributed by atoms with Gasteiger partial charge in [-0.2, -0.15) is 0 Å². The van der Waals surface area contributed by atoms with E-state index in [1.54, 1.807) is 7.05 Å². The summed E-state index contributed by atoms with van der Waals surface area (Å²) < 4.78 is 5.98. The fourth-order valence-electron chi connectivity index (χ4n) is 2.42. The molecule has 1 aromatic rings. The van der Waals surface area contributed by atoms with E-state index in [0.29, 0.717) is 11.4 Å². The van der Waals surface area contributed by atoms with Gasteiger partial charge < -0.3 is 10.1 Å². The highest BCUT2D eigenvalue weighted by Gasteiger charge is 2.22. The van der Waals surface area contributed by atoms with Crippen LogP contribution in [0.2, 0.25) is 5.02 Å². The van der Waals surface area contributed by atoms with Gasteiger partial charge in [0.15, 0.2) is 0 Å². The minimum atomic E-state index is 0.0825. The number of rotatable bonds is 5. The molecule has 1 aliphatic rings. The van der Waals surface area contributed by atoms with Crippen molar-refractivity contribution in [2.45, 2.75) is 25.4 Å². The lowest BCUT2D eigenvalue weighted by Crippen LogP contribution is -2.42. The Labute approximate surface area is 125 Å². The van der Waals surface area contributed by atoms with Crippen molar-refractivity contribution >= 4 is 17.5 Å². The van der Waals surface area contributed by atoms with E-state index in [2.05, 4.69) is 10.2 Å². The van der Waals surface area contributed by atoms with E-state index >= 15 is 0 Å². The van der Waals surface area contributed by atoms with Crippen molar-refractivity contribution in [1.29, 1.82) is 0 Å². The summed E-state index contributed by atoms with van der Waals surface area (Å²) in [5, 5.41) is 3.30. The average Bonchev–Trinajstić information content (AvgIpc) is 2.47. The van der Waals surface area contributed by atoms with Gasteiger partial charge in [-0.3, -0.25) is 9.69 Å². The fourth-order valence-corrected chi connectivity index (χ4v) is 2.60. The molecule has 1 saturated heterocycles. The van der Waals surface area contributed by atoms with Crippen molar-refractivity contribution < 1.29 is 9.53 Å². The maximum Gasteiger partial charge on any atom is 0.221 e. The highest BCUT2D eigenvalue weighted by atomic mass is 35.5. The maximum absolute atomic E-state index is 11.3. The molecule has 1 amide bonds. The molecule has 1 atom stereocenters. The van der Waals surface area contributed by atoms with Gasteiger partial charge in [0.25, 0.3) is 0 Å². The third-order valence-electron chi connectivity index (χ3n) is 3.53. The predicted molar refractivity (Wildman–Crippen MR) is 80.2 cm³/mol. The molecule has 1 unspecified atom stereocenters. The smallest absolute Gasteiger partial charge is 0.221 e. The van der Waals surface area contributed by atoms with Crippen molar-refractivity contribution in [3.8, 4) is 5.75 Å². The third kappa shape index (κ3) is 4.39. The number of ether oxygens (including phenoxy) is 1. The van der Waals surface area contributed by atoms with Crippen molar-refractivity contribution in [2.75, 3.05) is 26.7 Å². The molecule has 0 radical (unpaired) electrons. The molecule has 20 heavy (non-hydrogen) atoms. The molecule has 1 heterocycles. The van der Waals surface area contributed by atoms with Gasteiger partial charge in [-0.05, 0) is 31.5 Å². The summed E-state index contributed by atoms with van der Waals surface area (Å²) >= 11 is 6.11. The van der Waals surface area contributed by atoms with Crippen molar-refractivity contribution in [2.24, 2.45) is 0 Å². The van der Waals surface area contributed by atoms with Gasteiger partial charge in [0.05, 0.1) is 5.02 Å². The molecule has 0 aromatic heterocycles. The van der Waals surface area contributed by atoms with Gasteiger partial charge in [0.1, 0.15) is 11.9 Å². The van der Waals surface area contributed by atoms with Crippen LogP contribution < -0.4 is 10.1 Å². The second-order valence-electron chi connectivity index (χ2n) is 5.04. The van der Waals surface area contributed by atoms with E-state index < -0.39 is 0 Å². The quantitative estimate of drug-likeness (QED) is 0.907. The summed E-state index contributed by atoms with van der Waals surface area (Å²) in [6.45, 7) is 2.66. The summed E-state index contributed by atoms with van der Waals surface area (Å²) in [4.78, 5) is 13.6. The Morgan fingerprint density at radius 1 is 1.50 bits per heavy atom. The minimum Gasteiger partial charge on any atom is -0.488 e. The van der Waals surface area contributed by atoms with Crippen molar-refractivity contribution in [3.63, 3.8) is 0 Å². The van der Waals surface area contributed by atoms with Crippen LogP contribution in [0.4, 0.5) is 0 Å². The number of nitrogens with one attached hydrogen (secondary N) is 1. The topological polar surface area (TPSA) is 41.6 Å². The number of amides is 1. The van der Waals surface area contributed by atoms with E-state index in [-0.39, 0.29) is 12.0 Å². The molecule has 2 rings (SSSR count). The number of piperidine rings is 1. The first-order valence-electron chi connectivity index (χ1n) is 7.03. The number of carbonyl (C=O) groups excluding carboxylic acids is 1. The molecule has 0 aliphatic carbocycles. The Morgan fingerprint density at radius 2 is 2.30 bits per heavy atom. The molecular formula is C15H21ClN2O2. The molecule has 0 saturated carbocycles. The van der Waals surface area contributed by atoms with E-state index in [4.69, 9.17) is 16.3 Å². The largest absolute Gasteiger partial charge is 0.488 e. The molecular weight excluding hydrogens is 276 g/mol. The SMILES string of the molecule is CNC(=O)CCN1CCCC(Oc2ccccc2Cl)C1. The molecule has 5 heteroatoms. The van der Waals surface area contributed by atoms with Gasteiger partial charge in [0, 0.05) is 26.6 Å². The number of benzene rings is 1. The molecule has 4 nitrogen and oxygen atoms in total. The Kier molecular flexibility index (Phi) is 5.68. The highest BCUT2D eigenvalue weighted by molar-refractivity contribution is 6.32. The lowest BCUT2D eigenvalue weighted by atomic mass is 10.1. The van der Waals surface area contributed by atoms with E-state index in [1.807, 2.05) is 24.3 Å². The monoisotopic (exact) mass is 296 g/mol. The number of nitrogens with zero attached hydrogens (tertiary/aromatic N) is 1. The minimum absolute atomic E-state index is 0.0825. The number of carbonyl (C=O) groups is 1. The summed E-state index contributed by atoms with van der Waals surface area (Å²) in [5.41, 5.74) is 0. The predicted octanol–water partition coefficient (Wildman–Crippen LogP) is 2.32. The van der Waals surface area contributed by atoms with Gasteiger partial charge in [-0.25, -0.2) is 0 Å². The summed E-state index contributed by atoms with van der Waals surface area (Å²) in [7, 11) is 1.67. The fraction of sp³-hybridized carbons (Fsp3) is 0.533. The van der Waals surface area contributed by atoms with Crippen LogP contribution in [0.3, 0.4) is 0 Å². The molecule has 1 N–H and O–H groups in total. The standard InChI is InChI=1S/C15H21ClN2O2/c1-17-15(19)8-10-18-9-4-5-12(11-18)20-14-7-3-2-6-13(14)16/h2-3,6-7,12H,4-5,8-11H2,1H3,(H,17,19). The van der Waals surface area contributed by atoms with Crippen LogP contribution in [0, 0.1) is 0 Å². The molecule has 110 valence electrons. The highest BCUT2D eigenvalue weighted by Crippen LogP contribution is 2.26. The summed E-state index contributed by atoms with van der Waals surface area (Å²) in [5.74, 6) is 0.825. The van der Waals surface area contributed by atoms with E-state index in [9.17, 15) is 4.79 Å². The lowest BCUT2D eigenvalue weighted by Gasteiger charge is -2.32. The van der Waals surface area contributed by atoms with Gasteiger partial charge >= 0.3 is 0 Å². The zero-order valence-corrected chi connectivity index (χ0v) is 12.5. The van der Waals surface area contributed by atoms with Crippen molar-refractivity contribution in [3.05, 3.63) is 29.3 Å². The van der Waals surface area contributed by atoms with Crippen molar-refractivity contribution in [1.82, 2.24) is 10.2 Å². The molecule has 1 aliphatic heterocycles. The van der Waals surface area contributed by atoms with Crippen LogP contribution in [0.5, 0.6) is 5.75 Å². The second-order valence-corrected chi connectivity index (χ2v) is 5.44. The van der Waals surface area contributed by atoms with Gasteiger partial charge in [0.2, 0.25) is 5.91 Å². The summed E-state index contributed by atoms with van der Waals surface area (Å²) in [6, 6.07) is 7.55. The van der Waals surface area contributed by atoms with Crippen LogP contribution in [0.15, 0.2) is 24.3 Å². The Morgan fingerprint density at radius 3 is 3.05 bits per heavy atom. The van der Waals surface area contributed by atoms with Crippen LogP contribution in [0.25, 0.3) is 0 Å².